The molecule has 1 saturated heterocycles. The molecule has 3 rings (SSSR count). The van der Waals surface area contributed by atoms with Gasteiger partial charge in [0.1, 0.15) is 0 Å². The normalized spacial score (nSPS) is 18.9. The van der Waals surface area contributed by atoms with E-state index in [1.54, 1.807) is 24.4 Å². The van der Waals surface area contributed by atoms with E-state index < -0.39 is 5.92 Å². The average molecular weight is 268 g/mol. The maximum atomic E-state index is 11.9. The van der Waals surface area contributed by atoms with E-state index in [1.165, 1.54) is 0 Å². The average Bonchev–Trinajstić information content (AvgIpc) is 2.46. The number of amides is 2. The van der Waals surface area contributed by atoms with Crippen LogP contribution in [-0.2, 0) is 9.59 Å². The van der Waals surface area contributed by atoms with Crippen LogP contribution in [0.1, 0.15) is 34.8 Å². The number of hydrogen-bond acceptors (Lipinski definition) is 4. The Morgan fingerprint density at radius 1 is 1.30 bits per heavy atom. The first-order chi connectivity index (χ1) is 9.69. The van der Waals surface area contributed by atoms with Crippen LogP contribution in [0.25, 0.3) is 10.8 Å². The van der Waals surface area contributed by atoms with Gasteiger partial charge in [-0.25, -0.2) is 0 Å². The lowest BCUT2D eigenvalue weighted by molar-refractivity contribution is -0.134. The Labute approximate surface area is 115 Å². The molecule has 0 saturated carbocycles. The maximum Gasteiger partial charge on any atom is 0.235 e. The van der Waals surface area contributed by atoms with E-state index in [4.69, 9.17) is 0 Å². The fourth-order valence-electron chi connectivity index (χ4n) is 2.48. The Kier molecular flexibility index (Phi) is 3.02. The predicted octanol–water partition coefficient (Wildman–Crippen LogP) is 1.57. The van der Waals surface area contributed by atoms with Crippen molar-refractivity contribution < 1.29 is 14.4 Å². The minimum absolute atomic E-state index is 0.249. The van der Waals surface area contributed by atoms with Gasteiger partial charge in [0.05, 0.1) is 11.6 Å². The van der Waals surface area contributed by atoms with Crippen LogP contribution in [-0.4, -0.2) is 23.1 Å². The van der Waals surface area contributed by atoms with Gasteiger partial charge in [-0.05, 0) is 17.9 Å². The van der Waals surface area contributed by atoms with Crippen LogP contribution in [0.5, 0.6) is 0 Å². The standard InChI is InChI=1S/C15H12N2O3/c18-8-10-3-1-2-9-7-16-13(6-12(9)10)11-4-5-14(19)17-15(11)20/h1-3,6-8,11H,4-5H2,(H,17,19,20). The fraction of sp³-hybridized carbons (Fsp3) is 0.200. The molecule has 0 aliphatic carbocycles. The van der Waals surface area contributed by atoms with E-state index in [0.717, 1.165) is 17.1 Å². The second-order valence-corrected chi connectivity index (χ2v) is 4.80. The van der Waals surface area contributed by atoms with Gasteiger partial charge in [0.25, 0.3) is 0 Å². The third-order valence-corrected chi connectivity index (χ3v) is 3.54. The molecule has 1 atom stereocenters. The molecule has 20 heavy (non-hydrogen) atoms. The van der Waals surface area contributed by atoms with Crippen LogP contribution in [0, 0.1) is 0 Å². The van der Waals surface area contributed by atoms with Crippen molar-refractivity contribution in [1.82, 2.24) is 10.3 Å². The number of piperidine rings is 1. The molecule has 2 heterocycles. The molecular formula is C15H12N2O3. The number of nitrogens with zero attached hydrogens (tertiary/aromatic N) is 1. The first-order valence-corrected chi connectivity index (χ1v) is 6.36. The van der Waals surface area contributed by atoms with Gasteiger partial charge in [0.15, 0.2) is 6.29 Å². The largest absolute Gasteiger partial charge is 0.298 e. The summed E-state index contributed by atoms with van der Waals surface area (Å²) in [6.07, 6.45) is 3.20. The third kappa shape index (κ3) is 2.07. The lowest BCUT2D eigenvalue weighted by Crippen LogP contribution is -2.39. The van der Waals surface area contributed by atoms with Gasteiger partial charge in [-0.3, -0.25) is 24.7 Å². The van der Waals surface area contributed by atoms with Crippen molar-refractivity contribution in [1.29, 1.82) is 0 Å². The molecule has 5 nitrogen and oxygen atoms in total. The summed E-state index contributed by atoms with van der Waals surface area (Å²) in [4.78, 5) is 38.4. The van der Waals surface area contributed by atoms with Gasteiger partial charge in [-0.2, -0.15) is 0 Å². The molecule has 0 radical (unpaired) electrons. The number of benzene rings is 1. The van der Waals surface area contributed by atoms with E-state index in [9.17, 15) is 14.4 Å². The minimum atomic E-state index is -0.434. The molecule has 1 aromatic heterocycles. The number of rotatable bonds is 2. The highest BCUT2D eigenvalue weighted by molar-refractivity contribution is 6.02. The van der Waals surface area contributed by atoms with E-state index in [1.807, 2.05) is 6.07 Å². The fourth-order valence-corrected chi connectivity index (χ4v) is 2.48. The minimum Gasteiger partial charge on any atom is -0.298 e. The van der Waals surface area contributed by atoms with E-state index in [-0.39, 0.29) is 11.8 Å². The number of carbonyl (C=O) groups excluding carboxylic acids is 3. The van der Waals surface area contributed by atoms with Gasteiger partial charge < -0.3 is 0 Å². The summed E-state index contributed by atoms with van der Waals surface area (Å²) in [5.74, 6) is -1.01. The number of aromatic nitrogens is 1. The van der Waals surface area contributed by atoms with Crippen LogP contribution in [0.3, 0.4) is 0 Å². The number of carbonyl (C=O) groups is 3. The van der Waals surface area contributed by atoms with Gasteiger partial charge in [-0.1, -0.05) is 18.2 Å². The molecule has 0 bridgehead atoms. The van der Waals surface area contributed by atoms with E-state index in [0.29, 0.717) is 24.1 Å². The molecule has 1 aromatic carbocycles. The molecule has 1 fully saturated rings. The SMILES string of the molecule is O=Cc1cccc2cnc(C3CCC(=O)NC3=O)cc12. The van der Waals surface area contributed by atoms with Crippen molar-refractivity contribution >= 4 is 28.9 Å². The van der Waals surface area contributed by atoms with Gasteiger partial charge in [0, 0.05) is 23.6 Å². The summed E-state index contributed by atoms with van der Waals surface area (Å²) < 4.78 is 0. The second-order valence-electron chi connectivity index (χ2n) is 4.80. The number of pyridine rings is 1. The van der Waals surface area contributed by atoms with Crippen LogP contribution in [0.4, 0.5) is 0 Å². The quantitative estimate of drug-likeness (QED) is 0.662. The highest BCUT2D eigenvalue weighted by atomic mass is 16.2. The van der Waals surface area contributed by atoms with E-state index in [2.05, 4.69) is 10.3 Å². The maximum absolute atomic E-state index is 11.9. The summed E-state index contributed by atoms with van der Waals surface area (Å²) in [5.41, 5.74) is 1.16. The molecule has 1 N–H and O–H groups in total. The molecule has 2 aromatic rings. The summed E-state index contributed by atoms with van der Waals surface area (Å²) in [7, 11) is 0. The number of imide groups is 1. The third-order valence-electron chi connectivity index (χ3n) is 3.54. The molecule has 5 heteroatoms. The van der Waals surface area contributed by atoms with Gasteiger partial charge >= 0.3 is 0 Å². The van der Waals surface area contributed by atoms with Crippen molar-refractivity contribution in [2.75, 3.05) is 0 Å². The number of nitrogens with one attached hydrogen (secondary N) is 1. The van der Waals surface area contributed by atoms with Crippen molar-refractivity contribution in [2.45, 2.75) is 18.8 Å². The number of fused-ring (bicyclic) bond motifs is 1. The Balaban J connectivity index is 2.06. The summed E-state index contributed by atoms with van der Waals surface area (Å²) in [5, 5.41) is 3.94. The Morgan fingerprint density at radius 3 is 2.90 bits per heavy atom. The topological polar surface area (TPSA) is 76.1 Å². The van der Waals surface area contributed by atoms with Gasteiger partial charge in [-0.15, -0.1) is 0 Å². The molecule has 2 amide bonds. The molecule has 0 spiro atoms. The van der Waals surface area contributed by atoms with Crippen molar-refractivity contribution in [3.8, 4) is 0 Å². The Bertz CT molecular complexity index is 724. The van der Waals surface area contributed by atoms with E-state index >= 15 is 0 Å². The monoisotopic (exact) mass is 268 g/mol. The lowest BCUT2D eigenvalue weighted by Gasteiger charge is -2.20. The second kappa shape index (κ2) is 4.85. The van der Waals surface area contributed by atoms with Crippen molar-refractivity contribution in [3.05, 3.63) is 41.7 Å². The molecular weight excluding hydrogens is 256 g/mol. The van der Waals surface area contributed by atoms with Crippen molar-refractivity contribution in [2.24, 2.45) is 0 Å². The number of hydrogen-bond donors (Lipinski definition) is 1. The Hall–Kier alpha value is -2.56. The predicted molar refractivity (Wildman–Crippen MR) is 72.3 cm³/mol. The number of aldehydes is 1. The molecule has 100 valence electrons. The lowest BCUT2D eigenvalue weighted by atomic mass is 9.93. The molecule has 1 aliphatic heterocycles. The zero-order valence-electron chi connectivity index (χ0n) is 10.6. The Morgan fingerprint density at radius 2 is 2.15 bits per heavy atom. The summed E-state index contributed by atoms with van der Waals surface area (Å²) in [6, 6.07) is 7.14. The zero-order chi connectivity index (χ0) is 14.1. The van der Waals surface area contributed by atoms with Crippen LogP contribution in [0.15, 0.2) is 30.5 Å². The smallest absolute Gasteiger partial charge is 0.235 e. The molecule has 1 aliphatic rings. The zero-order valence-corrected chi connectivity index (χ0v) is 10.6. The van der Waals surface area contributed by atoms with Crippen LogP contribution >= 0.6 is 0 Å². The first kappa shape index (κ1) is 12.5. The highest BCUT2D eigenvalue weighted by Gasteiger charge is 2.29. The molecule has 1 unspecified atom stereocenters. The summed E-state index contributed by atoms with van der Waals surface area (Å²) in [6.45, 7) is 0. The highest BCUT2D eigenvalue weighted by Crippen LogP contribution is 2.26. The summed E-state index contributed by atoms with van der Waals surface area (Å²) >= 11 is 0. The van der Waals surface area contributed by atoms with Crippen LogP contribution < -0.4 is 5.32 Å². The van der Waals surface area contributed by atoms with Gasteiger partial charge in [0.2, 0.25) is 11.8 Å². The van der Waals surface area contributed by atoms with Crippen LogP contribution in [0.2, 0.25) is 0 Å². The first-order valence-electron chi connectivity index (χ1n) is 6.36. The van der Waals surface area contributed by atoms with Crippen molar-refractivity contribution in [3.63, 3.8) is 0 Å².